The summed E-state index contributed by atoms with van der Waals surface area (Å²) in [4.78, 5) is 19.3. The lowest BCUT2D eigenvalue weighted by Gasteiger charge is -2.19. The number of aliphatic carboxylic acids is 1. The van der Waals surface area contributed by atoms with E-state index in [2.05, 4.69) is 39.1 Å². The minimum atomic E-state index is -3.91. The van der Waals surface area contributed by atoms with Crippen molar-refractivity contribution >= 4 is 21.8 Å². The van der Waals surface area contributed by atoms with Gasteiger partial charge in [-0.1, -0.05) is 49.7 Å². The lowest BCUT2D eigenvalue weighted by molar-refractivity contribution is -0.134. The molecule has 0 saturated heterocycles. The summed E-state index contributed by atoms with van der Waals surface area (Å²) in [5.41, 5.74) is 2.65. The van der Waals surface area contributed by atoms with E-state index in [0.717, 1.165) is 24.8 Å². The Morgan fingerprint density at radius 2 is 1.85 bits per heavy atom. The summed E-state index contributed by atoms with van der Waals surface area (Å²) in [5.74, 6) is -0.660. The van der Waals surface area contributed by atoms with Crippen molar-refractivity contribution in [2.24, 2.45) is 0 Å². The second kappa shape index (κ2) is 11.5. The fourth-order valence-electron chi connectivity index (χ4n) is 3.40. The van der Waals surface area contributed by atoms with Gasteiger partial charge < -0.3 is 10.4 Å². The van der Waals surface area contributed by atoms with E-state index < -0.39 is 22.0 Å². The maximum Gasteiger partial charge on any atom is 0.322 e. The van der Waals surface area contributed by atoms with Gasteiger partial charge in [0.25, 0.3) is 10.0 Å². The fourth-order valence-corrected chi connectivity index (χ4v) is 4.56. The molecule has 1 aromatic carbocycles. The number of hydrogen-bond acceptors (Lipinski definition) is 6. The van der Waals surface area contributed by atoms with Crippen LogP contribution in [0.15, 0.2) is 71.9 Å². The molecular formula is C24H28N4O4S. The van der Waals surface area contributed by atoms with Crippen molar-refractivity contribution in [3.63, 3.8) is 0 Å². The molecule has 2 aromatic heterocycles. The highest BCUT2D eigenvalue weighted by molar-refractivity contribution is 7.89. The smallest absolute Gasteiger partial charge is 0.322 e. The van der Waals surface area contributed by atoms with E-state index in [1.807, 2.05) is 12.1 Å². The summed E-state index contributed by atoms with van der Waals surface area (Å²) < 4.78 is 28.8. The normalized spacial score (nSPS) is 12.3. The number of rotatable bonds is 12. The van der Waals surface area contributed by atoms with Crippen LogP contribution in [0.3, 0.4) is 0 Å². The van der Waals surface area contributed by atoms with E-state index in [1.165, 1.54) is 17.8 Å². The van der Waals surface area contributed by atoms with Crippen LogP contribution < -0.4 is 10.0 Å². The third-order valence-corrected chi connectivity index (χ3v) is 6.40. The van der Waals surface area contributed by atoms with Crippen LogP contribution in [0.5, 0.6) is 0 Å². The molecule has 3 rings (SSSR count). The number of nitrogens with one attached hydrogen (secondary N) is 2. The van der Waals surface area contributed by atoms with Gasteiger partial charge in [0.2, 0.25) is 0 Å². The summed E-state index contributed by atoms with van der Waals surface area (Å²) in [6.07, 6.45) is 4.94. The number of carboxylic acid groups (broad SMARTS) is 1. The minimum absolute atomic E-state index is 0.0770. The van der Waals surface area contributed by atoms with E-state index >= 15 is 0 Å². The van der Waals surface area contributed by atoms with E-state index in [1.54, 1.807) is 30.3 Å². The predicted molar refractivity (Wildman–Crippen MR) is 126 cm³/mol. The fraction of sp³-hybridized carbons (Fsp3) is 0.292. The summed E-state index contributed by atoms with van der Waals surface area (Å²) >= 11 is 0. The van der Waals surface area contributed by atoms with Gasteiger partial charge in [0.05, 0.1) is 11.7 Å². The average molecular weight is 469 g/mol. The topological polar surface area (TPSA) is 121 Å². The Morgan fingerprint density at radius 1 is 1.06 bits per heavy atom. The van der Waals surface area contributed by atoms with Gasteiger partial charge in [0, 0.05) is 6.20 Å². The summed E-state index contributed by atoms with van der Waals surface area (Å²) in [7, 11) is -3.91. The molecule has 0 aliphatic rings. The SMILES string of the molecule is CCCCc1cccc(CC(NS(=O)(=O)c2ccccn2)c2cccc(NCC(=O)O)n2)c1. The summed E-state index contributed by atoms with van der Waals surface area (Å²) in [5, 5.41) is 11.6. The molecule has 9 heteroatoms. The van der Waals surface area contributed by atoms with Crippen LogP contribution >= 0.6 is 0 Å². The maximum absolute atomic E-state index is 13.0. The standard InChI is InChI=1S/C24H28N4O4S/c1-2-3-8-18-9-6-10-19(15-18)16-21(28-33(31,32)23-13-4-5-14-25-23)20-11-7-12-22(27-20)26-17-24(29)30/h4-7,9-15,21,28H,2-3,8,16-17H2,1H3,(H,26,27)(H,29,30). The van der Waals surface area contributed by atoms with Crippen molar-refractivity contribution < 1.29 is 18.3 Å². The number of nitrogens with zero attached hydrogens (tertiary/aromatic N) is 2. The van der Waals surface area contributed by atoms with Crippen LogP contribution in [0.4, 0.5) is 5.82 Å². The molecule has 3 N–H and O–H groups in total. The number of benzene rings is 1. The number of unbranched alkanes of at least 4 members (excludes halogenated alkanes) is 1. The zero-order valence-corrected chi connectivity index (χ0v) is 19.3. The van der Waals surface area contributed by atoms with E-state index in [-0.39, 0.29) is 11.6 Å². The average Bonchev–Trinajstić information content (AvgIpc) is 2.82. The number of pyridine rings is 2. The molecule has 0 spiro atoms. The Labute approximate surface area is 194 Å². The zero-order valence-electron chi connectivity index (χ0n) is 18.4. The Kier molecular flexibility index (Phi) is 8.51. The molecule has 0 aliphatic heterocycles. The molecule has 33 heavy (non-hydrogen) atoms. The Morgan fingerprint density at radius 3 is 2.58 bits per heavy atom. The lowest BCUT2D eigenvalue weighted by atomic mass is 9.99. The number of hydrogen-bond donors (Lipinski definition) is 3. The van der Waals surface area contributed by atoms with E-state index in [0.29, 0.717) is 17.9 Å². The number of aryl methyl sites for hydroxylation is 1. The van der Waals surface area contributed by atoms with Crippen molar-refractivity contribution in [2.75, 3.05) is 11.9 Å². The molecule has 0 radical (unpaired) electrons. The first-order valence-corrected chi connectivity index (χ1v) is 12.3. The minimum Gasteiger partial charge on any atom is -0.480 e. The van der Waals surface area contributed by atoms with Crippen LogP contribution in [-0.2, 0) is 27.7 Å². The Bertz CT molecular complexity index is 1170. The van der Waals surface area contributed by atoms with Gasteiger partial charge >= 0.3 is 5.97 Å². The highest BCUT2D eigenvalue weighted by Gasteiger charge is 2.24. The third kappa shape index (κ3) is 7.37. The molecule has 174 valence electrons. The molecule has 0 bridgehead atoms. The van der Waals surface area contributed by atoms with Crippen LogP contribution in [0.1, 0.15) is 42.6 Å². The van der Waals surface area contributed by atoms with Gasteiger partial charge in [-0.2, -0.15) is 0 Å². The van der Waals surface area contributed by atoms with Gasteiger partial charge in [-0.15, -0.1) is 0 Å². The molecule has 0 fully saturated rings. The van der Waals surface area contributed by atoms with Gasteiger partial charge in [-0.3, -0.25) is 4.79 Å². The van der Waals surface area contributed by atoms with Crippen LogP contribution in [0, 0.1) is 0 Å². The Hall–Kier alpha value is -3.30. The maximum atomic E-state index is 13.0. The van der Waals surface area contributed by atoms with Crippen molar-refractivity contribution in [2.45, 2.75) is 43.7 Å². The molecule has 2 heterocycles. The molecular weight excluding hydrogens is 440 g/mol. The summed E-state index contributed by atoms with van der Waals surface area (Å²) in [6, 6.07) is 17.2. The Balaban J connectivity index is 1.91. The second-order valence-electron chi connectivity index (χ2n) is 7.66. The number of anilines is 1. The van der Waals surface area contributed by atoms with E-state index in [9.17, 15) is 13.2 Å². The first kappa shape index (κ1) is 24.3. The predicted octanol–water partition coefficient (Wildman–Crippen LogP) is 3.58. The van der Waals surface area contributed by atoms with Crippen LogP contribution in [0.2, 0.25) is 0 Å². The zero-order chi connectivity index (χ0) is 23.7. The highest BCUT2D eigenvalue weighted by Crippen LogP contribution is 2.22. The lowest BCUT2D eigenvalue weighted by Crippen LogP contribution is -2.31. The number of carboxylic acids is 1. The first-order chi connectivity index (χ1) is 15.9. The molecule has 8 nitrogen and oxygen atoms in total. The third-order valence-electron chi connectivity index (χ3n) is 5.01. The number of carbonyl (C=O) groups is 1. The molecule has 0 aliphatic carbocycles. The van der Waals surface area contributed by atoms with Crippen molar-refractivity contribution in [3.8, 4) is 0 Å². The highest BCUT2D eigenvalue weighted by atomic mass is 32.2. The van der Waals surface area contributed by atoms with Gasteiger partial charge in [0.1, 0.15) is 12.4 Å². The monoisotopic (exact) mass is 468 g/mol. The number of aromatic nitrogens is 2. The molecule has 1 unspecified atom stereocenters. The quantitative estimate of drug-likeness (QED) is 0.371. The van der Waals surface area contributed by atoms with Gasteiger partial charge in [-0.05, 0) is 54.7 Å². The van der Waals surface area contributed by atoms with Crippen molar-refractivity contribution in [1.29, 1.82) is 0 Å². The summed E-state index contributed by atoms with van der Waals surface area (Å²) in [6.45, 7) is 1.85. The number of sulfonamides is 1. The largest absolute Gasteiger partial charge is 0.480 e. The van der Waals surface area contributed by atoms with Crippen LogP contribution in [-0.4, -0.2) is 36.0 Å². The van der Waals surface area contributed by atoms with Gasteiger partial charge in [0.15, 0.2) is 5.03 Å². The van der Waals surface area contributed by atoms with Crippen molar-refractivity contribution in [1.82, 2.24) is 14.7 Å². The first-order valence-electron chi connectivity index (χ1n) is 10.8. The second-order valence-corrected chi connectivity index (χ2v) is 9.33. The van der Waals surface area contributed by atoms with Crippen LogP contribution in [0.25, 0.3) is 0 Å². The molecule has 0 amide bonds. The molecule has 0 saturated carbocycles. The molecule has 3 aromatic rings. The van der Waals surface area contributed by atoms with Crippen molar-refractivity contribution in [3.05, 3.63) is 83.7 Å². The molecule has 1 atom stereocenters. The van der Waals surface area contributed by atoms with E-state index in [4.69, 9.17) is 5.11 Å². The van der Waals surface area contributed by atoms with Gasteiger partial charge in [-0.25, -0.2) is 23.1 Å².